The average Bonchev–Trinajstić information content (AvgIpc) is 2.41. The Morgan fingerprint density at radius 2 is 1.60 bits per heavy atom. The second-order valence-corrected chi connectivity index (χ2v) is 6.53. The number of nitrogens with two attached hydrogens (primary N) is 1. The van der Waals surface area contributed by atoms with E-state index in [0.717, 1.165) is 27.5 Å². The third-order valence-electron chi connectivity index (χ3n) is 3.13. The van der Waals surface area contributed by atoms with Crippen LogP contribution in [0.5, 0.6) is 5.75 Å². The predicted octanol–water partition coefficient (Wildman–Crippen LogP) is 4.33. The van der Waals surface area contributed by atoms with E-state index >= 15 is 0 Å². The summed E-state index contributed by atoms with van der Waals surface area (Å²) in [5.41, 5.74) is 8.71. The van der Waals surface area contributed by atoms with Gasteiger partial charge in [0.2, 0.25) is 0 Å². The van der Waals surface area contributed by atoms with Gasteiger partial charge < -0.3 is 10.5 Å². The highest BCUT2D eigenvalue weighted by atomic mass is 79.9. The van der Waals surface area contributed by atoms with Gasteiger partial charge in [-0.05, 0) is 64.2 Å². The van der Waals surface area contributed by atoms with Gasteiger partial charge in [-0.25, -0.2) is 0 Å². The Bertz CT molecular complexity index is 569. The first kappa shape index (κ1) is 15.5. The van der Waals surface area contributed by atoms with Gasteiger partial charge in [0.05, 0.1) is 11.6 Å². The lowest BCUT2D eigenvalue weighted by Crippen LogP contribution is -2.25. The fourth-order valence-electron chi connectivity index (χ4n) is 2.14. The molecule has 0 aliphatic rings. The topological polar surface area (TPSA) is 35.2 Å². The first-order valence-corrected chi connectivity index (χ1v) is 7.99. The van der Waals surface area contributed by atoms with Crippen LogP contribution in [0.4, 0.5) is 0 Å². The van der Waals surface area contributed by atoms with E-state index in [1.165, 1.54) is 11.1 Å². The smallest absolute Gasteiger partial charge is 0.133 e. The fraction of sp³-hybridized carbons (Fsp3) is 0.250. The molecule has 0 fully saturated rings. The number of rotatable bonds is 5. The van der Waals surface area contributed by atoms with Gasteiger partial charge in [-0.2, -0.15) is 0 Å². The SMILES string of the molecule is COc1ccc(CC(N)Cc2ccc(Br)cc2)cc1Br. The predicted molar refractivity (Wildman–Crippen MR) is 90.2 cm³/mol. The van der Waals surface area contributed by atoms with Crippen LogP contribution in [0.1, 0.15) is 11.1 Å². The summed E-state index contributed by atoms with van der Waals surface area (Å²) in [5, 5.41) is 0. The molecule has 2 aromatic carbocycles. The lowest BCUT2D eigenvalue weighted by Gasteiger charge is -2.13. The molecule has 2 aromatic rings. The second kappa shape index (κ2) is 7.25. The van der Waals surface area contributed by atoms with Gasteiger partial charge in [0.15, 0.2) is 0 Å². The molecule has 0 bridgehead atoms. The van der Waals surface area contributed by atoms with Crippen LogP contribution in [0.15, 0.2) is 51.4 Å². The Morgan fingerprint density at radius 3 is 2.20 bits per heavy atom. The van der Waals surface area contributed by atoms with Crippen molar-refractivity contribution in [2.75, 3.05) is 7.11 Å². The molecule has 0 heterocycles. The van der Waals surface area contributed by atoms with Crippen LogP contribution in [0.25, 0.3) is 0 Å². The third-order valence-corrected chi connectivity index (χ3v) is 4.27. The maximum Gasteiger partial charge on any atom is 0.133 e. The fourth-order valence-corrected chi connectivity index (χ4v) is 2.99. The van der Waals surface area contributed by atoms with Crippen molar-refractivity contribution >= 4 is 31.9 Å². The minimum absolute atomic E-state index is 0.108. The van der Waals surface area contributed by atoms with E-state index in [4.69, 9.17) is 10.5 Å². The second-order valence-electron chi connectivity index (χ2n) is 4.76. The quantitative estimate of drug-likeness (QED) is 0.813. The minimum Gasteiger partial charge on any atom is -0.496 e. The van der Waals surface area contributed by atoms with Crippen molar-refractivity contribution in [1.82, 2.24) is 0 Å². The summed E-state index contributed by atoms with van der Waals surface area (Å²) in [6.07, 6.45) is 1.72. The van der Waals surface area contributed by atoms with Crippen molar-refractivity contribution < 1.29 is 4.74 Å². The lowest BCUT2D eigenvalue weighted by atomic mass is 10.00. The molecular formula is C16H17Br2NO. The average molecular weight is 399 g/mol. The van der Waals surface area contributed by atoms with E-state index in [-0.39, 0.29) is 6.04 Å². The summed E-state index contributed by atoms with van der Waals surface area (Å²) in [7, 11) is 1.67. The molecule has 0 saturated heterocycles. The molecule has 1 unspecified atom stereocenters. The summed E-state index contributed by atoms with van der Waals surface area (Å²) in [6.45, 7) is 0. The first-order valence-electron chi connectivity index (χ1n) is 6.41. The Balaban J connectivity index is 1.99. The normalized spacial score (nSPS) is 12.2. The van der Waals surface area contributed by atoms with Gasteiger partial charge in [0.1, 0.15) is 5.75 Å². The highest BCUT2D eigenvalue weighted by Gasteiger charge is 2.08. The molecule has 0 saturated carbocycles. The number of halogens is 2. The summed E-state index contributed by atoms with van der Waals surface area (Å²) in [4.78, 5) is 0. The van der Waals surface area contributed by atoms with Gasteiger partial charge in [-0.3, -0.25) is 0 Å². The standard InChI is InChI=1S/C16H17Br2NO/c1-20-16-7-4-12(10-15(16)18)9-14(19)8-11-2-5-13(17)6-3-11/h2-7,10,14H,8-9,19H2,1H3. The van der Waals surface area contributed by atoms with Crippen molar-refractivity contribution in [3.05, 3.63) is 62.5 Å². The molecule has 0 amide bonds. The van der Waals surface area contributed by atoms with Crippen LogP contribution in [-0.2, 0) is 12.8 Å². The monoisotopic (exact) mass is 397 g/mol. The third kappa shape index (κ3) is 4.33. The van der Waals surface area contributed by atoms with Crippen molar-refractivity contribution in [3.63, 3.8) is 0 Å². The Labute approximate surface area is 136 Å². The van der Waals surface area contributed by atoms with Crippen molar-refractivity contribution in [2.45, 2.75) is 18.9 Å². The zero-order valence-corrected chi connectivity index (χ0v) is 14.4. The molecule has 2 rings (SSSR count). The summed E-state index contributed by atoms with van der Waals surface area (Å²) < 4.78 is 7.29. The largest absolute Gasteiger partial charge is 0.496 e. The van der Waals surface area contributed by atoms with Gasteiger partial charge >= 0.3 is 0 Å². The zero-order chi connectivity index (χ0) is 14.5. The maximum absolute atomic E-state index is 6.24. The molecule has 2 nitrogen and oxygen atoms in total. The highest BCUT2D eigenvalue weighted by Crippen LogP contribution is 2.26. The molecule has 1 atom stereocenters. The molecule has 4 heteroatoms. The van der Waals surface area contributed by atoms with E-state index < -0.39 is 0 Å². The lowest BCUT2D eigenvalue weighted by molar-refractivity contribution is 0.412. The minimum atomic E-state index is 0.108. The maximum atomic E-state index is 6.24. The Kier molecular flexibility index (Phi) is 5.64. The summed E-state index contributed by atoms with van der Waals surface area (Å²) in [5.74, 6) is 0.843. The number of hydrogen-bond acceptors (Lipinski definition) is 2. The van der Waals surface area contributed by atoms with Crippen LogP contribution < -0.4 is 10.5 Å². The van der Waals surface area contributed by atoms with E-state index in [2.05, 4.69) is 56.1 Å². The van der Waals surface area contributed by atoms with E-state index in [9.17, 15) is 0 Å². The van der Waals surface area contributed by atoms with Crippen molar-refractivity contribution in [1.29, 1.82) is 0 Å². The van der Waals surface area contributed by atoms with E-state index in [1.54, 1.807) is 7.11 Å². The van der Waals surface area contributed by atoms with Crippen LogP contribution in [0.2, 0.25) is 0 Å². The van der Waals surface area contributed by atoms with Crippen LogP contribution in [-0.4, -0.2) is 13.2 Å². The number of hydrogen-bond donors (Lipinski definition) is 1. The molecule has 0 aliphatic carbocycles. The molecule has 20 heavy (non-hydrogen) atoms. The summed E-state index contributed by atoms with van der Waals surface area (Å²) >= 11 is 6.94. The van der Waals surface area contributed by atoms with Crippen LogP contribution in [0.3, 0.4) is 0 Å². The molecule has 0 spiro atoms. The van der Waals surface area contributed by atoms with Crippen molar-refractivity contribution in [2.24, 2.45) is 5.73 Å². The van der Waals surface area contributed by atoms with Gasteiger partial charge in [-0.1, -0.05) is 34.1 Å². The van der Waals surface area contributed by atoms with Crippen LogP contribution in [0, 0.1) is 0 Å². The zero-order valence-electron chi connectivity index (χ0n) is 11.3. The molecule has 0 aromatic heterocycles. The summed E-state index contributed by atoms with van der Waals surface area (Å²) in [6, 6.07) is 14.5. The van der Waals surface area contributed by atoms with E-state index in [1.807, 2.05) is 18.2 Å². The molecule has 0 radical (unpaired) electrons. The van der Waals surface area contributed by atoms with Gasteiger partial charge in [-0.15, -0.1) is 0 Å². The van der Waals surface area contributed by atoms with Gasteiger partial charge in [0.25, 0.3) is 0 Å². The number of ether oxygens (including phenoxy) is 1. The molecular weight excluding hydrogens is 382 g/mol. The Morgan fingerprint density at radius 1 is 1.00 bits per heavy atom. The van der Waals surface area contributed by atoms with Crippen LogP contribution >= 0.6 is 31.9 Å². The highest BCUT2D eigenvalue weighted by molar-refractivity contribution is 9.10. The van der Waals surface area contributed by atoms with Gasteiger partial charge in [0, 0.05) is 10.5 Å². The molecule has 0 aliphatic heterocycles. The molecule has 106 valence electrons. The van der Waals surface area contributed by atoms with Crippen molar-refractivity contribution in [3.8, 4) is 5.75 Å². The van der Waals surface area contributed by atoms with E-state index in [0.29, 0.717) is 0 Å². The number of methoxy groups -OCH3 is 1. The Hall–Kier alpha value is -0.840. The number of benzene rings is 2. The first-order chi connectivity index (χ1) is 9.58. The molecule has 2 N–H and O–H groups in total.